The summed E-state index contributed by atoms with van der Waals surface area (Å²) in [7, 11) is 0. The molecular formula is C11H22N2OS. The van der Waals surface area contributed by atoms with Gasteiger partial charge in [0.2, 0.25) is 5.91 Å². The molecule has 3 nitrogen and oxygen atoms in total. The smallest absolute Gasteiger partial charge is 0.227 e. The van der Waals surface area contributed by atoms with Crippen LogP contribution in [0, 0.1) is 5.41 Å². The van der Waals surface area contributed by atoms with E-state index >= 15 is 0 Å². The zero-order valence-corrected chi connectivity index (χ0v) is 10.7. The Kier molecular flexibility index (Phi) is 4.93. The van der Waals surface area contributed by atoms with E-state index < -0.39 is 0 Å². The number of carbonyl (C=O) groups is 1. The predicted octanol–water partition coefficient (Wildman–Crippen LogP) is 1.24. The summed E-state index contributed by atoms with van der Waals surface area (Å²) < 4.78 is 0. The predicted molar refractivity (Wildman–Crippen MR) is 66.2 cm³/mol. The van der Waals surface area contributed by atoms with Crippen LogP contribution < -0.4 is 10.6 Å². The molecule has 1 saturated heterocycles. The molecule has 1 rings (SSSR count). The van der Waals surface area contributed by atoms with E-state index in [1.54, 1.807) is 11.8 Å². The zero-order chi connectivity index (χ0) is 11.3. The van der Waals surface area contributed by atoms with Gasteiger partial charge < -0.3 is 10.6 Å². The first-order valence-corrected chi connectivity index (χ1v) is 6.95. The normalized spacial score (nSPS) is 27.7. The standard InChI is InChI=1S/C11H22N2OS/c1-4-11(5-6-12-8-11)10(14)13-7-9(2)15-3/h9,12H,4-8H2,1-3H3,(H,13,14). The molecule has 0 bridgehead atoms. The molecule has 15 heavy (non-hydrogen) atoms. The van der Waals surface area contributed by atoms with Crippen LogP contribution >= 0.6 is 11.8 Å². The highest BCUT2D eigenvalue weighted by Gasteiger charge is 2.39. The van der Waals surface area contributed by atoms with Crippen molar-refractivity contribution >= 4 is 17.7 Å². The van der Waals surface area contributed by atoms with Gasteiger partial charge in [0.25, 0.3) is 0 Å². The van der Waals surface area contributed by atoms with Crippen molar-refractivity contribution in [3.05, 3.63) is 0 Å². The maximum atomic E-state index is 12.1. The van der Waals surface area contributed by atoms with Gasteiger partial charge in [0, 0.05) is 18.3 Å². The van der Waals surface area contributed by atoms with E-state index in [1.807, 2.05) is 0 Å². The summed E-state index contributed by atoms with van der Waals surface area (Å²) in [5.41, 5.74) is -0.141. The Labute approximate surface area is 96.8 Å². The molecule has 4 heteroatoms. The summed E-state index contributed by atoms with van der Waals surface area (Å²) in [5.74, 6) is 0.232. The van der Waals surface area contributed by atoms with Crippen LogP contribution in [0.2, 0.25) is 0 Å². The van der Waals surface area contributed by atoms with Crippen molar-refractivity contribution < 1.29 is 4.79 Å². The second-order valence-electron chi connectivity index (χ2n) is 4.32. The number of amides is 1. The topological polar surface area (TPSA) is 41.1 Å². The fourth-order valence-corrected chi connectivity index (χ4v) is 2.16. The molecule has 1 fully saturated rings. The fraction of sp³-hybridized carbons (Fsp3) is 0.909. The van der Waals surface area contributed by atoms with Gasteiger partial charge in [-0.15, -0.1) is 0 Å². The molecule has 0 aromatic rings. The Hall–Kier alpha value is -0.220. The molecule has 0 aromatic heterocycles. The van der Waals surface area contributed by atoms with E-state index in [0.717, 1.165) is 32.5 Å². The van der Waals surface area contributed by atoms with E-state index in [0.29, 0.717) is 5.25 Å². The quantitative estimate of drug-likeness (QED) is 0.747. The first-order valence-electron chi connectivity index (χ1n) is 5.66. The third-order valence-corrected chi connectivity index (χ3v) is 4.33. The minimum absolute atomic E-state index is 0.141. The molecule has 0 aliphatic carbocycles. The van der Waals surface area contributed by atoms with Crippen molar-refractivity contribution in [2.75, 3.05) is 25.9 Å². The Balaban J connectivity index is 2.44. The van der Waals surface area contributed by atoms with Crippen LogP contribution in [0.1, 0.15) is 26.7 Å². The van der Waals surface area contributed by atoms with Gasteiger partial charge >= 0.3 is 0 Å². The minimum atomic E-state index is -0.141. The molecule has 1 heterocycles. The lowest BCUT2D eigenvalue weighted by atomic mass is 9.83. The van der Waals surface area contributed by atoms with Gasteiger partial charge in [-0.3, -0.25) is 4.79 Å². The van der Waals surface area contributed by atoms with Gasteiger partial charge in [-0.25, -0.2) is 0 Å². The molecule has 88 valence electrons. The van der Waals surface area contributed by atoms with Crippen molar-refractivity contribution in [3.8, 4) is 0 Å². The lowest BCUT2D eigenvalue weighted by molar-refractivity contribution is -0.130. The molecule has 0 saturated carbocycles. The summed E-state index contributed by atoms with van der Waals surface area (Å²) in [6.45, 7) is 6.82. The number of hydrogen-bond donors (Lipinski definition) is 2. The Bertz CT molecular complexity index is 215. The molecule has 0 radical (unpaired) electrons. The van der Waals surface area contributed by atoms with Crippen molar-refractivity contribution in [1.29, 1.82) is 0 Å². The Morgan fingerprint density at radius 1 is 1.67 bits per heavy atom. The Morgan fingerprint density at radius 3 is 2.87 bits per heavy atom. The van der Waals surface area contributed by atoms with Crippen LogP contribution in [-0.2, 0) is 4.79 Å². The number of carbonyl (C=O) groups excluding carboxylic acids is 1. The van der Waals surface area contributed by atoms with E-state index in [2.05, 4.69) is 30.7 Å². The molecule has 0 aromatic carbocycles. The highest BCUT2D eigenvalue weighted by molar-refractivity contribution is 7.99. The van der Waals surface area contributed by atoms with Crippen LogP contribution in [0.3, 0.4) is 0 Å². The van der Waals surface area contributed by atoms with E-state index in [-0.39, 0.29) is 11.3 Å². The first kappa shape index (κ1) is 12.8. The fourth-order valence-electron chi connectivity index (χ4n) is 1.91. The van der Waals surface area contributed by atoms with E-state index in [4.69, 9.17) is 0 Å². The second kappa shape index (κ2) is 5.75. The van der Waals surface area contributed by atoms with Gasteiger partial charge in [0.15, 0.2) is 0 Å². The number of rotatable bonds is 5. The zero-order valence-electron chi connectivity index (χ0n) is 9.93. The van der Waals surface area contributed by atoms with Crippen molar-refractivity contribution in [1.82, 2.24) is 10.6 Å². The number of nitrogens with one attached hydrogen (secondary N) is 2. The van der Waals surface area contributed by atoms with Gasteiger partial charge in [-0.1, -0.05) is 13.8 Å². The van der Waals surface area contributed by atoms with Crippen LogP contribution in [0.5, 0.6) is 0 Å². The van der Waals surface area contributed by atoms with E-state index in [9.17, 15) is 4.79 Å². The molecule has 0 spiro atoms. The first-order chi connectivity index (χ1) is 7.14. The Morgan fingerprint density at radius 2 is 2.40 bits per heavy atom. The largest absolute Gasteiger partial charge is 0.354 e. The van der Waals surface area contributed by atoms with Crippen LogP contribution in [0.25, 0.3) is 0 Å². The SMILES string of the molecule is CCC1(C(=O)NCC(C)SC)CCNC1. The van der Waals surface area contributed by atoms with Crippen molar-refractivity contribution in [2.24, 2.45) is 5.41 Å². The maximum Gasteiger partial charge on any atom is 0.227 e. The van der Waals surface area contributed by atoms with Crippen LogP contribution in [-0.4, -0.2) is 37.0 Å². The van der Waals surface area contributed by atoms with Gasteiger partial charge in [0.05, 0.1) is 5.41 Å². The lowest BCUT2D eigenvalue weighted by Gasteiger charge is -2.25. The van der Waals surface area contributed by atoms with Crippen molar-refractivity contribution in [2.45, 2.75) is 31.9 Å². The summed E-state index contributed by atoms with van der Waals surface area (Å²) in [5, 5.41) is 6.85. The average Bonchev–Trinajstić information content (AvgIpc) is 2.75. The third kappa shape index (κ3) is 3.11. The van der Waals surface area contributed by atoms with Gasteiger partial charge in [-0.2, -0.15) is 11.8 Å². The summed E-state index contributed by atoms with van der Waals surface area (Å²) in [6.07, 6.45) is 3.98. The lowest BCUT2D eigenvalue weighted by Crippen LogP contribution is -2.43. The molecule has 1 aliphatic heterocycles. The summed E-state index contributed by atoms with van der Waals surface area (Å²) in [4.78, 5) is 12.1. The minimum Gasteiger partial charge on any atom is -0.354 e. The van der Waals surface area contributed by atoms with E-state index in [1.165, 1.54) is 0 Å². The highest BCUT2D eigenvalue weighted by Crippen LogP contribution is 2.29. The van der Waals surface area contributed by atoms with Gasteiger partial charge in [-0.05, 0) is 25.6 Å². The average molecular weight is 230 g/mol. The highest BCUT2D eigenvalue weighted by atomic mass is 32.2. The second-order valence-corrected chi connectivity index (χ2v) is 5.59. The molecule has 2 unspecified atom stereocenters. The van der Waals surface area contributed by atoms with Crippen LogP contribution in [0.15, 0.2) is 0 Å². The number of thioether (sulfide) groups is 1. The molecule has 1 aliphatic rings. The summed E-state index contributed by atoms with van der Waals surface area (Å²) >= 11 is 1.79. The third-order valence-electron chi connectivity index (χ3n) is 3.35. The van der Waals surface area contributed by atoms with Crippen molar-refractivity contribution in [3.63, 3.8) is 0 Å². The molecule has 1 amide bonds. The molecule has 2 N–H and O–H groups in total. The van der Waals surface area contributed by atoms with Gasteiger partial charge in [0.1, 0.15) is 0 Å². The molecular weight excluding hydrogens is 208 g/mol. The monoisotopic (exact) mass is 230 g/mol. The van der Waals surface area contributed by atoms with Crippen LogP contribution in [0.4, 0.5) is 0 Å². The maximum absolute atomic E-state index is 12.1. The summed E-state index contributed by atoms with van der Waals surface area (Å²) in [6, 6.07) is 0. The number of hydrogen-bond acceptors (Lipinski definition) is 3. The molecule has 2 atom stereocenters.